The summed E-state index contributed by atoms with van der Waals surface area (Å²) in [6.07, 6.45) is 1.72. The minimum Gasteiger partial charge on any atom is -0.397 e. The SMILES string of the molecule is CC1CN(c2ccc(N)cn2)CCN1C. The summed E-state index contributed by atoms with van der Waals surface area (Å²) in [5.74, 6) is 1.03. The largest absolute Gasteiger partial charge is 0.397 e. The Bertz CT molecular complexity index is 322. The van der Waals surface area contributed by atoms with E-state index < -0.39 is 0 Å². The van der Waals surface area contributed by atoms with Crippen LogP contribution >= 0.6 is 0 Å². The molecular formula is C11H18N4. The number of hydrogen-bond acceptors (Lipinski definition) is 4. The lowest BCUT2D eigenvalue weighted by Gasteiger charge is -2.38. The van der Waals surface area contributed by atoms with Gasteiger partial charge in [0.05, 0.1) is 11.9 Å². The van der Waals surface area contributed by atoms with Crippen LogP contribution in [-0.2, 0) is 0 Å². The smallest absolute Gasteiger partial charge is 0.128 e. The first-order valence-corrected chi connectivity index (χ1v) is 5.33. The van der Waals surface area contributed by atoms with E-state index in [-0.39, 0.29) is 0 Å². The Hall–Kier alpha value is -1.29. The fourth-order valence-corrected chi connectivity index (χ4v) is 1.84. The number of nitrogens with zero attached hydrogens (tertiary/aromatic N) is 3. The lowest BCUT2D eigenvalue weighted by molar-refractivity contribution is 0.233. The van der Waals surface area contributed by atoms with Gasteiger partial charge < -0.3 is 15.5 Å². The summed E-state index contributed by atoms with van der Waals surface area (Å²) in [6, 6.07) is 4.48. The van der Waals surface area contributed by atoms with E-state index in [1.165, 1.54) is 0 Å². The van der Waals surface area contributed by atoms with E-state index in [1.807, 2.05) is 12.1 Å². The Morgan fingerprint density at radius 1 is 1.40 bits per heavy atom. The van der Waals surface area contributed by atoms with E-state index in [9.17, 15) is 0 Å². The highest BCUT2D eigenvalue weighted by Crippen LogP contribution is 2.16. The Balaban J connectivity index is 2.08. The van der Waals surface area contributed by atoms with Gasteiger partial charge in [0.2, 0.25) is 0 Å². The molecule has 0 amide bonds. The molecule has 1 saturated heterocycles. The van der Waals surface area contributed by atoms with Crippen molar-refractivity contribution in [2.24, 2.45) is 0 Å². The maximum absolute atomic E-state index is 5.62. The lowest BCUT2D eigenvalue weighted by atomic mass is 10.2. The molecule has 1 aromatic heterocycles. The number of anilines is 2. The van der Waals surface area contributed by atoms with Crippen LogP contribution in [0, 0.1) is 0 Å². The molecule has 2 N–H and O–H groups in total. The van der Waals surface area contributed by atoms with Gasteiger partial charge in [-0.2, -0.15) is 0 Å². The molecule has 2 heterocycles. The average Bonchev–Trinajstić information content (AvgIpc) is 2.23. The number of piperazine rings is 1. The first kappa shape index (κ1) is 10.2. The highest BCUT2D eigenvalue weighted by Gasteiger charge is 2.21. The molecule has 4 heteroatoms. The molecule has 0 radical (unpaired) electrons. The first-order chi connectivity index (χ1) is 7.16. The highest BCUT2D eigenvalue weighted by molar-refractivity contribution is 5.46. The van der Waals surface area contributed by atoms with E-state index >= 15 is 0 Å². The molecule has 1 aliphatic rings. The number of pyridine rings is 1. The van der Waals surface area contributed by atoms with Crippen molar-refractivity contribution in [2.75, 3.05) is 37.3 Å². The second kappa shape index (κ2) is 4.06. The summed E-state index contributed by atoms with van der Waals surface area (Å²) in [5.41, 5.74) is 6.34. The quantitative estimate of drug-likeness (QED) is 0.738. The van der Waals surface area contributed by atoms with E-state index in [0.717, 1.165) is 31.1 Å². The van der Waals surface area contributed by atoms with Crippen LogP contribution in [0.15, 0.2) is 18.3 Å². The third kappa shape index (κ3) is 2.21. The molecule has 1 atom stereocenters. The number of rotatable bonds is 1. The Labute approximate surface area is 90.7 Å². The summed E-state index contributed by atoms with van der Waals surface area (Å²) in [6.45, 7) is 5.40. The number of nitrogens with two attached hydrogens (primary N) is 1. The first-order valence-electron chi connectivity index (χ1n) is 5.33. The topological polar surface area (TPSA) is 45.4 Å². The van der Waals surface area contributed by atoms with Gasteiger partial charge in [0, 0.05) is 25.7 Å². The highest BCUT2D eigenvalue weighted by atomic mass is 15.3. The lowest BCUT2D eigenvalue weighted by Crippen LogP contribution is -2.50. The average molecular weight is 206 g/mol. The van der Waals surface area contributed by atoms with Gasteiger partial charge in [-0.25, -0.2) is 4.98 Å². The standard InChI is InChI=1S/C11H18N4/c1-9-8-15(6-5-14(9)2)11-4-3-10(12)7-13-11/h3-4,7,9H,5-6,8,12H2,1-2H3. The van der Waals surface area contributed by atoms with E-state index in [1.54, 1.807) is 6.20 Å². The van der Waals surface area contributed by atoms with E-state index in [0.29, 0.717) is 6.04 Å². The molecule has 15 heavy (non-hydrogen) atoms. The van der Waals surface area contributed by atoms with Gasteiger partial charge in [0.1, 0.15) is 5.82 Å². The van der Waals surface area contributed by atoms with Crippen molar-refractivity contribution in [2.45, 2.75) is 13.0 Å². The molecule has 1 aromatic rings. The fourth-order valence-electron chi connectivity index (χ4n) is 1.84. The molecule has 4 nitrogen and oxygen atoms in total. The molecular weight excluding hydrogens is 188 g/mol. The summed E-state index contributed by atoms with van der Waals surface area (Å²) < 4.78 is 0. The van der Waals surface area contributed by atoms with Crippen molar-refractivity contribution in [1.29, 1.82) is 0 Å². The van der Waals surface area contributed by atoms with Crippen LogP contribution in [0.25, 0.3) is 0 Å². The molecule has 0 saturated carbocycles. The molecule has 0 aromatic carbocycles. The van der Waals surface area contributed by atoms with Gasteiger partial charge in [0.25, 0.3) is 0 Å². The van der Waals surface area contributed by atoms with Crippen LogP contribution in [0.5, 0.6) is 0 Å². The van der Waals surface area contributed by atoms with Crippen LogP contribution in [0.2, 0.25) is 0 Å². The van der Waals surface area contributed by atoms with Gasteiger partial charge in [-0.05, 0) is 26.1 Å². The zero-order chi connectivity index (χ0) is 10.8. The summed E-state index contributed by atoms with van der Waals surface area (Å²) >= 11 is 0. The number of likely N-dealkylation sites (N-methyl/N-ethyl adjacent to an activating group) is 1. The summed E-state index contributed by atoms with van der Waals surface area (Å²) in [7, 11) is 2.17. The molecule has 0 bridgehead atoms. The van der Waals surface area contributed by atoms with Crippen LogP contribution in [0.4, 0.5) is 11.5 Å². The third-order valence-electron chi connectivity index (χ3n) is 3.05. The van der Waals surface area contributed by atoms with Gasteiger partial charge in [-0.3, -0.25) is 0 Å². The zero-order valence-corrected chi connectivity index (χ0v) is 9.35. The van der Waals surface area contributed by atoms with Crippen molar-refractivity contribution >= 4 is 11.5 Å². The van der Waals surface area contributed by atoms with Gasteiger partial charge >= 0.3 is 0 Å². The van der Waals surface area contributed by atoms with E-state index in [4.69, 9.17) is 5.73 Å². The van der Waals surface area contributed by atoms with Gasteiger partial charge in [-0.15, -0.1) is 0 Å². The third-order valence-corrected chi connectivity index (χ3v) is 3.05. The van der Waals surface area contributed by atoms with Crippen molar-refractivity contribution < 1.29 is 0 Å². The van der Waals surface area contributed by atoms with Crippen molar-refractivity contribution in [3.63, 3.8) is 0 Å². The minimum atomic E-state index is 0.582. The molecule has 0 aliphatic carbocycles. The Morgan fingerprint density at radius 3 is 2.80 bits per heavy atom. The second-order valence-corrected chi connectivity index (χ2v) is 4.23. The fraction of sp³-hybridized carbons (Fsp3) is 0.545. The van der Waals surface area contributed by atoms with E-state index in [2.05, 4.69) is 28.8 Å². The minimum absolute atomic E-state index is 0.582. The molecule has 1 unspecified atom stereocenters. The predicted octanol–water partition coefficient (Wildman–Crippen LogP) is 0.804. The second-order valence-electron chi connectivity index (χ2n) is 4.23. The predicted molar refractivity (Wildman–Crippen MR) is 63.0 cm³/mol. The van der Waals surface area contributed by atoms with Crippen molar-refractivity contribution in [1.82, 2.24) is 9.88 Å². The molecule has 82 valence electrons. The summed E-state index contributed by atoms with van der Waals surface area (Å²) in [5, 5.41) is 0. The van der Waals surface area contributed by atoms with Crippen LogP contribution in [0.1, 0.15) is 6.92 Å². The Kier molecular flexibility index (Phi) is 2.77. The van der Waals surface area contributed by atoms with Crippen LogP contribution in [0.3, 0.4) is 0 Å². The number of hydrogen-bond donors (Lipinski definition) is 1. The van der Waals surface area contributed by atoms with Crippen molar-refractivity contribution in [3.05, 3.63) is 18.3 Å². The maximum atomic E-state index is 5.62. The number of nitrogen functional groups attached to an aromatic ring is 1. The van der Waals surface area contributed by atoms with Crippen molar-refractivity contribution in [3.8, 4) is 0 Å². The van der Waals surface area contributed by atoms with Crippen LogP contribution < -0.4 is 10.6 Å². The normalized spacial score (nSPS) is 23.1. The summed E-state index contributed by atoms with van der Waals surface area (Å²) in [4.78, 5) is 9.02. The molecule has 2 rings (SSSR count). The Morgan fingerprint density at radius 2 is 2.20 bits per heavy atom. The molecule has 1 fully saturated rings. The maximum Gasteiger partial charge on any atom is 0.128 e. The monoisotopic (exact) mass is 206 g/mol. The number of aromatic nitrogens is 1. The van der Waals surface area contributed by atoms with Crippen LogP contribution in [-0.4, -0.2) is 42.6 Å². The van der Waals surface area contributed by atoms with Gasteiger partial charge in [0.15, 0.2) is 0 Å². The zero-order valence-electron chi connectivity index (χ0n) is 9.35. The molecule has 1 aliphatic heterocycles. The van der Waals surface area contributed by atoms with Gasteiger partial charge in [-0.1, -0.05) is 0 Å². The molecule has 0 spiro atoms.